The lowest BCUT2D eigenvalue weighted by Crippen LogP contribution is -2.41. The van der Waals surface area contributed by atoms with Crippen LogP contribution < -0.4 is 4.74 Å². The van der Waals surface area contributed by atoms with Gasteiger partial charge >= 0.3 is 0 Å². The van der Waals surface area contributed by atoms with E-state index in [1.165, 1.54) is 5.56 Å². The molecule has 1 fully saturated rings. The summed E-state index contributed by atoms with van der Waals surface area (Å²) >= 11 is 0. The minimum absolute atomic E-state index is 0.830. The van der Waals surface area contributed by atoms with E-state index in [0.717, 1.165) is 63.9 Å². The van der Waals surface area contributed by atoms with Crippen LogP contribution in [0, 0.1) is 0 Å². The number of morpholine rings is 1. The molecule has 1 saturated heterocycles. The largest absolute Gasteiger partial charge is 0.494 e. The van der Waals surface area contributed by atoms with Crippen LogP contribution in [0.1, 0.15) is 12.5 Å². The molecule has 0 saturated carbocycles. The molecule has 0 spiro atoms. The zero-order chi connectivity index (χ0) is 17.5. The highest BCUT2D eigenvalue weighted by molar-refractivity contribution is 5.46. The minimum atomic E-state index is 0.830. The third kappa shape index (κ3) is 4.81. The van der Waals surface area contributed by atoms with Crippen LogP contribution >= 0.6 is 0 Å². The summed E-state index contributed by atoms with van der Waals surface area (Å²) in [6.07, 6.45) is 4.04. The third-order valence-electron chi connectivity index (χ3n) is 4.66. The first-order valence-corrected chi connectivity index (χ1v) is 8.99. The van der Waals surface area contributed by atoms with Crippen molar-refractivity contribution in [1.29, 1.82) is 0 Å². The SMILES string of the molecule is CCN(CCN1CCOCC1)Cc1cnn(-c2ccccc2OC)c1. The Labute approximate surface area is 149 Å². The van der Waals surface area contributed by atoms with Crippen molar-refractivity contribution < 1.29 is 9.47 Å². The highest BCUT2D eigenvalue weighted by Gasteiger charge is 2.13. The lowest BCUT2D eigenvalue weighted by molar-refractivity contribution is 0.0332. The number of methoxy groups -OCH3 is 1. The van der Waals surface area contributed by atoms with E-state index in [0.29, 0.717) is 0 Å². The predicted molar refractivity (Wildman–Crippen MR) is 98.3 cm³/mol. The summed E-state index contributed by atoms with van der Waals surface area (Å²) in [6, 6.07) is 7.94. The number of benzene rings is 1. The summed E-state index contributed by atoms with van der Waals surface area (Å²) in [7, 11) is 1.69. The van der Waals surface area contributed by atoms with Crippen LogP contribution in [0.15, 0.2) is 36.7 Å². The molecule has 0 amide bonds. The minimum Gasteiger partial charge on any atom is -0.494 e. The second-order valence-corrected chi connectivity index (χ2v) is 6.29. The van der Waals surface area contributed by atoms with E-state index in [2.05, 4.69) is 28.0 Å². The molecule has 1 aliphatic heterocycles. The fourth-order valence-electron chi connectivity index (χ4n) is 3.11. The van der Waals surface area contributed by atoms with Gasteiger partial charge in [0.2, 0.25) is 0 Å². The van der Waals surface area contributed by atoms with Crippen LogP contribution in [0.5, 0.6) is 5.75 Å². The highest BCUT2D eigenvalue weighted by atomic mass is 16.5. The van der Waals surface area contributed by atoms with Crippen molar-refractivity contribution in [2.45, 2.75) is 13.5 Å². The van der Waals surface area contributed by atoms with Gasteiger partial charge in [0.05, 0.1) is 26.5 Å². The molecular formula is C19H28N4O2. The Bertz CT molecular complexity index is 652. The third-order valence-corrected chi connectivity index (χ3v) is 4.66. The Balaban J connectivity index is 1.59. The molecule has 1 aromatic heterocycles. The number of hydrogen-bond acceptors (Lipinski definition) is 5. The molecule has 0 atom stereocenters. The van der Waals surface area contributed by atoms with Crippen LogP contribution in [0.4, 0.5) is 0 Å². The van der Waals surface area contributed by atoms with Crippen LogP contribution in [-0.2, 0) is 11.3 Å². The lowest BCUT2D eigenvalue weighted by Gasteiger charge is -2.29. The number of rotatable bonds is 8. The molecule has 2 heterocycles. The van der Waals surface area contributed by atoms with Gasteiger partial charge in [-0.1, -0.05) is 19.1 Å². The molecular weight excluding hydrogens is 316 g/mol. The number of hydrogen-bond donors (Lipinski definition) is 0. The van der Waals surface area contributed by atoms with E-state index in [-0.39, 0.29) is 0 Å². The summed E-state index contributed by atoms with van der Waals surface area (Å²) in [6.45, 7) is 10.1. The topological polar surface area (TPSA) is 42.8 Å². The number of ether oxygens (including phenoxy) is 2. The molecule has 0 aliphatic carbocycles. The zero-order valence-corrected chi connectivity index (χ0v) is 15.2. The first-order valence-electron chi connectivity index (χ1n) is 8.99. The standard InChI is InChI=1S/C19H28N4O2/c1-3-21(8-9-22-10-12-25-13-11-22)15-17-14-20-23(16-17)18-6-4-5-7-19(18)24-2/h4-7,14,16H,3,8-13,15H2,1-2H3. The molecule has 6 heteroatoms. The molecule has 6 nitrogen and oxygen atoms in total. The van der Waals surface area contributed by atoms with Gasteiger partial charge in [0.25, 0.3) is 0 Å². The van der Waals surface area contributed by atoms with Crippen LogP contribution in [0.25, 0.3) is 5.69 Å². The maximum Gasteiger partial charge on any atom is 0.144 e. The predicted octanol–water partition coefficient (Wildman–Crippen LogP) is 2.03. The quantitative estimate of drug-likeness (QED) is 0.733. The Morgan fingerprint density at radius 2 is 2.04 bits per heavy atom. The lowest BCUT2D eigenvalue weighted by atomic mass is 10.3. The Morgan fingerprint density at radius 3 is 2.80 bits per heavy atom. The van der Waals surface area contributed by atoms with Gasteiger partial charge in [-0.05, 0) is 18.7 Å². The van der Waals surface area contributed by atoms with Crippen molar-refractivity contribution in [3.8, 4) is 11.4 Å². The van der Waals surface area contributed by atoms with E-state index in [1.807, 2.05) is 35.1 Å². The summed E-state index contributed by atoms with van der Waals surface area (Å²) in [5.74, 6) is 0.830. The second kappa shape index (κ2) is 8.99. The smallest absolute Gasteiger partial charge is 0.144 e. The van der Waals surface area contributed by atoms with Crippen LogP contribution in [-0.4, -0.2) is 72.6 Å². The van der Waals surface area contributed by atoms with E-state index >= 15 is 0 Å². The summed E-state index contributed by atoms with van der Waals surface area (Å²) in [5, 5.41) is 4.52. The number of para-hydroxylation sites is 2. The fourth-order valence-corrected chi connectivity index (χ4v) is 3.11. The second-order valence-electron chi connectivity index (χ2n) is 6.29. The highest BCUT2D eigenvalue weighted by Crippen LogP contribution is 2.21. The molecule has 2 aromatic rings. The Kier molecular flexibility index (Phi) is 6.44. The van der Waals surface area contributed by atoms with E-state index in [1.54, 1.807) is 7.11 Å². The first kappa shape index (κ1) is 17.9. The number of nitrogens with zero attached hydrogens (tertiary/aromatic N) is 4. The van der Waals surface area contributed by atoms with Crippen molar-refractivity contribution in [3.63, 3.8) is 0 Å². The van der Waals surface area contributed by atoms with Crippen LogP contribution in [0.2, 0.25) is 0 Å². The van der Waals surface area contributed by atoms with Gasteiger partial charge in [-0.2, -0.15) is 5.10 Å². The summed E-state index contributed by atoms with van der Waals surface area (Å²) < 4.78 is 12.7. The van der Waals surface area contributed by atoms with E-state index in [4.69, 9.17) is 9.47 Å². The molecule has 1 aliphatic rings. The number of likely N-dealkylation sites (N-methyl/N-ethyl adjacent to an activating group) is 1. The van der Waals surface area contributed by atoms with Gasteiger partial charge in [0, 0.05) is 44.5 Å². The van der Waals surface area contributed by atoms with Gasteiger partial charge in [-0.15, -0.1) is 0 Å². The molecule has 0 N–H and O–H groups in total. The Hall–Kier alpha value is -1.89. The Morgan fingerprint density at radius 1 is 1.24 bits per heavy atom. The van der Waals surface area contributed by atoms with Crippen LogP contribution in [0.3, 0.4) is 0 Å². The average molecular weight is 344 g/mol. The van der Waals surface area contributed by atoms with Gasteiger partial charge in [-0.25, -0.2) is 4.68 Å². The molecule has 1 aromatic carbocycles. The number of aromatic nitrogens is 2. The van der Waals surface area contributed by atoms with Crippen molar-refractivity contribution in [3.05, 3.63) is 42.2 Å². The van der Waals surface area contributed by atoms with Crippen molar-refractivity contribution >= 4 is 0 Å². The van der Waals surface area contributed by atoms with Crippen molar-refractivity contribution in [1.82, 2.24) is 19.6 Å². The maximum absolute atomic E-state index is 5.43. The normalized spacial score (nSPS) is 15.6. The maximum atomic E-state index is 5.43. The molecule has 136 valence electrons. The summed E-state index contributed by atoms with van der Waals surface area (Å²) in [4.78, 5) is 4.93. The molecule has 0 unspecified atom stereocenters. The van der Waals surface area contributed by atoms with Gasteiger partial charge < -0.3 is 9.47 Å². The average Bonchev–Trinajstić information content (AvgIpc) is 3.14. The molecule has 0 bridgehead atoms. The fraction of sp³-hybridized carbons (Fsp3) is 0.526. The van der Waals surface area contributed by atoms with Crippen molar-refractivity contribution in [2.75, 3.05) is 53.0 Å². The monoisotopic (exact) mass is 344 g/mol. The van der Waals surface area contributed by atoms with Gasteiger partial charge in [0.1, 0.15) is 11.4 Å². The molecule has 3 rings (SSSR count). The first-order chi connectivity index (χ1) is 12.3. The molecule has 25 heavy (non-hydrogen) atoms. The van der Waals surface area contributed by atoms with Gasteiger partial charge in [0.15, 0.2) is 0 Å². The van der Waals surface area contributed by atoms with Gasteiger partial charge in [-0.3, -0.25) is 9.80 Å². The summed E-state index contributed by atoms with van der Waals surface area (Å²) in [5.41, 5.74) is 2.18. The zero-order valence-electron chi connectivity index (χ0n) is 15.2. The van der Waals surface area contributed by atoms with Crippen molar-refractivity contribution in [2.24, 2.45) is 0 Å². The molecule has 0 radical (unpaired) electrons. The van der Waals surface area contributed by atoms with E-state index < -0.39 is 0 Å². The van der Waals surface area contributed by atoms with E-state index in [9.17, 15) is 0 Å².